The molecule has 0 N–H and O–H groups in total. The van der Waals surface area contributed by atoms with Gasteiger partial charge in [0.1, 0.15) is 0 Å². The van der Waals surface area contributed by atoms with Gasteiger partial charge in [0.2, 0.25) is 0 Å². The number of methoxy groups -OCH3 is 1. The van der Waals surface area contributed by atoms with Crippen LogP contribution in [0.2, 0.25) is 0 Å². The number of hydrogen-bond donors (Lipinski definition) is 0. The maximum Gasteiger partial charge on any atom is 0.412 e. The summed E-state index contributed by atoms with van der Waals surface area (Å²) in [6.07, 6.45) is -10.1. The van der Waals surface area contributed by atoms with Gasteiger partial charge in [-0.25, -0.2) is 0 Å². The summed E-state index contributed by atoms with van der Waals surface area (Å²) in [4.78, 5) is 11.5. The van der Waals surface area contributed by atoms with Gasteiger partial charge in [0.15, 0.2) is 18.9 Å². The lowest BCUT2D eigenvalue weighted by Crippen LogP contribution is -2.29. The summed E-state index contributed by atoms with van der Waals surface area (Å²) >= 11 is 0. The highest BCUT2D eigenvalue weighted by atomic mass is 31.2. The fraction of sp³-hybridized carbons (Fsp3) is 0.900. The normalized spacial score (nSPS) is 14.7. The molecule has 0 aliphatic rings. The number of ether oxygens (including phenoxy) is 1. The van der Waals surface area contributed by atoms with Crippen LogP contribution in [0.15, 0.2) is 0 Å². The molecule has 0 amide bonds. The lowest BCUT2D eigenvalue weighted by molar-refractivity contribution is -0.167. The quantitative estimate of drug-likeness (QED) is 0.375. The lowest BCUT2D eigenvalue weighted by atomic mass is 10.2. The van der Waals surface area contributed by atoms with Crippen molar-refractivity contribution in [2.45, 2.75) is 37.8 Å². The van der Waals surface area contributed by atoms with Crippen LogP contribution in [0.1, 0.15) is 19.8 Å². The van der Waals surface area contributed by atoms with Gasteiger partial charge in [-0.15, -0.1) is 0 Å². The molecule has 0 radical (unpaired) electrons. The molecular formula is C10H15F6O5P. The van der Waals surface area contributed by atoms with E-state index >= 15 is 0 Å². The summed E-state index contributed by atoms with van der Waals surface area (Å²) in [6, 6.07) is 0. The zero-order valence-corrected chi connectivity index (χ0v) is 12.6. The molecule has 22 heavy (non-hydrogen) atoms. The largest absolute Gasteiger partial charge is 0.468 e. The van der Waals surface area contributed by atoms with Crippen molar-refractivity contribution in [3.63, 3.8) is 0 Å². The molecule has 0 rings (SSSR count). The Balaban J connectivity index is 5.34. The topological polar surface area (TPSA) is 61.8 Å². The van der Waals surface area contributed by atoms with E-state index in [1.54, 1.807) is 0 Å². The van der Waals surface area contributed by atoms with Crippen LogP contribution in [0.25, 0.3) is 0 Å². The van der Waals surface area contributed by atoms with Gasteiger partial charge in [0.05, 0.1) is 7.11 Å². The first-order valence-corrected chi connectivity index (χ1v) is 7.56. The maximum absolute atomic E-state index is 12.3. The van der Waals surface area contributed by atoms with E-state index in [1.165, 1.54) is 6.92 Å². The Labute approximate surface area is 122 Å². The fourth-order valence-electron chi connectivity index (χ4n) is 1.36. The van der Waals surface area contributed by atoms with Gasteiger partial charge < -0.3 is 4.74 Å². The van der Waals surface area contributed by atoms with Gasteiger partial charge in [0.25, 0.3) is 0 Å². The number of carbonyl (C=O) groups excluding carboxylic acids is 1. The van der Waals surface area contributed by atoms with Crippen LogP contribution < -0.4 is 0 Å². The van der Waals surface area contributed by atoms with E-state index in [4.69, 9.17) is 0 Å². The Kier molecular flexibility index (Phi) is 7.87. The van der Waals surface area contributed by atoms with Gasteiger partial charge in [-0.3, -0.25) is 18.4 Å². The van der Waals surface area contributed by atoms with Crippen molar-refractivity contribution in [3.8, 4) is 0 Å². The standard InChI is InChI=1S/C10H15F6O5P/c1-3-4-7(8(17)19-2)22(18,20-5-9(11,12)13)21-6-10(14,15)16/h7H,3-6H2,1-2H3. The molecule has 0 aliphatic carbocycles. The van der Waals surface area contributed by atoms with Crippen LogP contribution in [-0.4, -0.2) is 44.3 Å². The number of rotatable bonds is 8. The first kappa shape index (κ1) is 21.2. The molecule has 0 aromatic rings. The predicted octanol–water partition coefficient (Wildman–Crippen LogP) is 3.68. The number of halogens is 6. The van der Waals surface area contributed by atoms with Crippen LogP contribution in [0.4, 0.5) is 26.3 Å². The van der Waals surface area contributed by atoms with Crippen molar-refractivity contribution in [2.24, 2.45) is 0 Å². The van der Waals surface area contributed by atoms with Crippen molar-refractivity contribution in [2.75, 3.05) is 20.3 Å². The van der Waals surface area contributed by atoms with E-state index < -0.39 is 44.8 Å². The molecule has 132 valence electrons. The summed E-state index contributed by atoms with van der Waals surface area (Å²) in [5, 5.41) is 0. The smallest absolute Gasteiger partial charge is 0.412 e. The molecule has 0 aromatic carbocycles. The van der Waals surface area contributed by atoms with Crippen molar-refractivity contribution in [1.29, 1.82) is 0 Å². The van der Waals surface area contributed by atoms with E-state index in [1.807, 2.05) is 0 Å². The SMILES string of the molecule is CCCC(C(=O)OC)P(=O)(OCC(F)(F)F)OCC(F)(F)F. The highest BCUT2D eigenvalue weighted by Crippen LogP contribution is 2.56. The summed E-state index contributed by atoms with van der Waals surface area (Å²) < 4.78 is 97.5. The zero-order chi connectivity index (χ0) is 17.6. The van der Waals surface area contributed by atoms with Gasteiger partial charge in [-0.05, 0) is 6.42 Å². The Morgan fingerprint density at radius 1 is 1.05 bits per heavy atom. The Morgan fingerprint density at radius 3 is 1.73 bits per heavy atom. The predicted molar refractivity (Wildman–Crippen MR) is 62.3 cm³/mol. The van der Waals surface area contributed by atoms with Crippen LogP contribution in [0.5, 0.6) is 0 Å². The van der Waals surface area contributed by atoms with Gasteiger partial charge in [-0.2, -0.15) is 26.3 Å². The minimum atomic E-state index is -5.03. The highest BCUT2D eigenvalue weighted by Gasteiger charge is 2.46. The Hall–Kier alpha value is -0.800. The lowest BCUT2D eigenvalue weighted by Gasteiger charge is -2.25. The molecule has 0 saturated heterocycles. The number of carbonyl (C=O) groups is 1. The number of alkyl halides is 6. The second-order valence-electron chi connectivity index (χ2n) is 4.14. The maximum atomic E-state index is 12.3. The van der Waals surface area contributed by atoms with Crippen molar-refractivity contribution in [3.05, 3.63) is 0 Å². The minimum Gasteiger partial charge on any atom is -0.468 e. The average molecular weight is 360 g/mol. The summed E-state index contributed by atoms with van der Waals surface area (Å²) in [5.41, 5.74) is -1.87. The highest BCUT2D eigenvalue weighted by molar-refractivity contribution is 7.55. The molecule has 0 saturated carbocycles. The monoisotopic (exact) mass is 360 g/mol. The third-order valence-electron chi connectivity index (χ3n) is 2.23. The van der Waals surface area contributed by atoms with Gasteiger partial charge >= 0.3 is 25.9 Å². The fourth-order valence-corrected chi connectivity index (χ4v) is 3.38. The third-order valence-corrected chi connectivity index (χ3v) is 4.44. The molecular weight excluding hydrogens is 345 g/mol. The minimum absolute atomic E-state index is 0.133. The molecule has 0 fully saturated rings. The van der Waals surface area contributed by atoms with E-state index in [0.29, 0.717) is 0 Å². The molecule has 1 atom stereocenters. The number of esters is 1. The molecule has 0 aromatic heterocycles. The summed E-state index contributed by atoms with van der Waals surface area (Å²) in [7, 11) is -4.18. The molecule has 5 nitrogen and oxygen atoms in total. The van der Waals surface area contributed by atoms with Crippen LogP contribution >= 0.6 is 7.60 Å². The summed E-state index contributed by atoms with van der Waals surface area (Å²) in [6.45, 7) is -2.74. The number of hydrogen-bond acceptors (Lipinski definition) is 5. The first-order valence-electron chi connectivity index (χ1n) is 5.94. The Bertz CT molecular complexity index is 386. The van der Waals surface area contributed by atoms with E-state index in [-0.39, 0.29) is 12.8 Å². The zero-order valence-electron chi connectivity index (χ0n) is 11.7. The van der Waals surface area contributed by atoms with Gasteiger partial charge in [0, 0.05) is 0 Å². The van der Waals surface area contributed by atoms with Crippen LogP contribution in [0.3, 0.4) is 0 Å². The Morgan fingerprint density at radius 2 is 1.45 bits per heavy atom. The van der Waals surface area contributed by atoms with Crippen LogP contribution in [0, 0.1) is 0 Å². The van der Waals surface area contributed by atoms with Crippen molar-refractivity contribution >= 4 is 13.6 Å². The molecule has 1 unspecified atom stereocenters. The summed E-state index contributed by atoms with van der Waals surface area (Å²) in [5.74, 6) is -1.27. The average Bonchev–Trinajstić information content (AvgIpc) is 2.38. The van der Waals surface area contributed by atoms with E-state index in [0.717, 1.165) is 7.11 Å². The molecule has 0 heterocycles. The van der Waals surface area contributed by atoms with Gasteiger partial charge in [-0.1, -0.05) is 13.3 Å². The van der Waals surface area contributed by atoms with Crippen molar-refractivity contribution in [1.82, 2.24) is 0 Å². The molecule has 0 aliphatic heterocycles. The third kappa shape index (κ3) is 8.00. The second-order valence-corrected chi connectivity index (χ2v) is 6.36. The van der Waals surface area contributed by atoms with Crippen LogP contribution in [-0.2, 0) is 23.1 Å². The van der Waals surface area contributed by atoms with E-state index in [9.17, 15) is 35.7 Å². The molecule has 12 heteroatoms. The molecule has 0 bridgehead atoms. The second kappa shape index (κ2) is 8.16. The van der Waals surface area contributed by atoms with Crippen molar-refractivity contribution < 1.29 is 49.5 Å². The first-order chi connectivity index (χ1) is 9.84. The molecule has 0 spiro atoms. The van der Waals surface area contributed by atoms with E-state index in [2.05, 4.69) is 13.8 Å².